The van der Waals surface area contributed by atoms with E-state index in [1.807, 2.05) is 0 Å². The second-order valence-corrected chi connectivity index (χ2v) is 14.7. The molecule has 0 aromatic carbocycles. The average Bonchev–Trinajstić information content (AvgIpc) is 1.84. The molecule has 0 saturated carbocycles. The fourth-order valence-electron chi connectivity index (χ4n) is 0.681. The maximum absolute atomic E-state index is 3.64. The van der Waals surface area contributed by atoms with Gasteiger partial charge in [-0.3, -0.25) is 0 Å². The lowest BCUT2D eigenvalue weighted by Gasteiger charge is -2.18. The number of unbranched alkanes of at least 4 members (excludes halogenated alkanes) is 1. The van der Waals surface area contributed by atoms with Crippen molar-refractivity contribution < 1.29 is 0 Å². The van der Waals surface area contributed by atoms with E-state index < -0.39 is 7.59 Å². The molecule has 0 aromatic rings. The van der Waals surface area contributed by atoms with Gasteiger partial charge in [-0.15, -0.1) is 0 Å². The van der Waals surface area contributed by atoms with Crippen molar-refractivity contribution in [1.29, 1.82) is 0 Å². The zero-order valence-electron chi connectivity index (χ0n) is 6.62. The summed E-state index contributed by atoms with van der Waals surface area (Å²) < 4.78 is 0. The molecule has 0 heterocycles. The summed E-state index contributed by atoms with van der Waals surface area (Å²) in [5, 5.41) is 0. The maximum Gasteiger partial charge on any atom is 0.0320 e. The third-order valence-electron chi connectivity index (χ3n) is 1.49. The minimum absolute atomic E-state index is 0.757. The van der Waals surface area contributed by atoms with E-state index in [1.165, 1.54) is 18.9 Å². The highest BCUT2D eigenvalue weighted by Gasteiger charge is 2.16. The molecule has 51 valence electrons. The van der Waals surface area contributed by atoms with E-state index in [2.05, 4.69) is 29.8 Å². The first-order valence-corrected chi connectivity index (χ1v) is 10.3. The molecular formula is C6H15Si3. The number of hydrogen-bond donors (Lipinski definition) is 0. The second kappa shape index (κ2) is 4.46. The van der Waals surface area contributed by atoms with Crippen LogP contribution in [0.3, 0.4) is 0 Å². The Morgan fingerprint density at radius 2 is 2.00 bits per heavy atom. The highest BCUT2D eigenvalue weighted by Crippen LogP contribution is 2.10. The Balaban J connectivity index is 3.33. The number of rotatable bonds is 4. The van der Waals surface area contributed by atoms with Gasteiger partial charge in [0, 0.05) is 25.9 Å². The van der Waals surface area contributed by atoms with Crippen LogP contribution in [0.5, 0.6) is 0 Å². The van der Waals surface area contributed by atoms with Crippen LogP contribution in [0.25, 0.3) is 0 Å². The topological polar surface area (TPSA) is 0 Å². The van der Waals surface area contributed by atoms with E-state index in [0.717, 1.165) is 8.55 Å². The molecule has 0 aliphatic rings. The van der Waals surface area contributed by atoms with Gasteiger partial charge in [0.05, 0.1) is 0 Å². The van der Waals surface area contributed by atoms with Gasteiger partial charge in [-0.1, -0.05) is 38.9 Å². The lowest BCUT2D eigenvalue weighted by atomic mass is 10.4. The van der Waals surface area contributed by atoms with Gasteiger partial charge >= 0.3 is 0 Å². The lowest BCUT2D eigenvalue weighted by molar-refractivity contribution is 0.873. The van der Waals surface area contributed by atoms with Gasteiger partial charge in [0.25, 0.3) is 0 Å². The van der Waals surface area contributed by atoms with Gasteiger partial charge in [-0.25, -0.2) is 0 Å². The van der Waals surface area contributed by atoms with Crippen molar-refractivity contribution in [3.8, 4) is 0 Å². The van der Waals surface area contributed by atoms with Gasteiger partial charge < -0.3 is 0 Å². The first-order valence-electron chi connectivity index (χ1n) is 3.56. The molecule has 0 saturated heterocycles. The van der Waals surface area contributed by atoms with E-state index in [4.69, 9.17) is 0 Å². The summed E-state index contributed by atoms with van der Waals surface area (Å²) in [6.45, 7) is 7.17. The van der Waals surface area contributed by atoms with Crippen molar-refractivity contribution in [2.24, 2.45) is 0 Å². The highest BCUT2D eigenvalue weighted by atomic mass is 29.5. The van der Waals surface area contributed by atoms with Gasteiger partial charge in [0.15, 0.2) is 0 Å². The second-order valence-electron chi connectivity index (χ2n) is 3.11. The Morgan fingerprint density at radius 1 is 1.44 bits per heavy atom. The van der Waals surface area contributed by atoms with E-state index in [1.54, 1.807) is 0 Å². The lowest BCUT2D eigenvalue weighted by Crippen LogP contribution is -2.34. The van der Waals surface area contributed by atoms with Crippen LogP contribution in [0.15, 0.2) is 0 Å². The van der Waals surface area contributed by atoms with E-state index in [-0.39, 0.29) is 0 Å². The number of hydrogen-bond acceptors (Lipinski definition) is 0. The van der Waals surface area contributed by atoms with Crippen LogP contribution in [-0.2, 0) is 0 Å². The Labute approximate surface area is 65.3 Å². The normalized spacial score (nSPS) is 12.0. The summed E-state index contributed by atoms with van der Waals surface area (Å²) in [7, 11) is 3.92. The molecule has 0 amide bonds. The summed E-state index contributed by atoms with van der Waals surface area (Å²) in [5.74, 6) is 0. The van der Waals surface area contributed by atoms with Crippen LogP contribution in [0.2, 0.25) is 19.1 Å². The van der Waals surface area contributed by atoms with Gasteiger partial charge in [-0.2, -0.15) is 0 Å². The van der Waals surface area contributed by atoms with Crippen molar-refractivity contribution in [3.05, 3.63) is 0 Å². The molecule has 0 N–H and O–H groups in total. The van der Waals surface area contributed by atoms with Crippen LogP contribution in [0.1, 0.15) is 19.8 Å². The quantitative estimate of drug-likeness (QED) is 0.566. The fourth-order valence-corrected chi connectivity index (χ4v) is 4.07. The Kier molecular flexibility index (Phi) is 4.79. The summed E-state index contributed by atoms with van der Waals surface area (Å²) in [6.07, 6.45) is 2.78. The summed E-state index contributed by atoms with van der Waals surface area (Å²) in [5.41, 5.74) is 0. The van der Waals surface area contributed by atoms with Crippen molar-refractivity contribution in [2.75, 3.05) is 0 Å². The van der Waals surface area contributed by atoms with E-state index >= 15 is 0 Å². The molecule has 0 rings (SSSR count). The zero-order valence-corrected chi connectivity index (χ0v) is 9.62. The molecule has 0 aromatic heterocycles. The molecule has 5 radical (unpaired) electrons. The first kappa shape index (κ1) is 9.65. The molecule has 0 aliphatic carbocycles. The molecule has 0 unspecified atom stereocenters. The molecule has 9 heavy (non-hydrogen) atoms. The summed E-state index contributed by atoms with van der Waals surface area (Å²) in [4.78, 5) is 0. The maximum atomic E-state index is 3.64. The van der Waals surface area contributed by atoms with Gasteiger partial charge in [0.1, 0.15) is 0 Å². The molecule has 0 bridgehead atoms. The summed E-state index contributed by atoms with van der Waals surface area (Å²) >= 11 is 0. The third kappa shape index (κ3) is 5.11. The van der Waals surface area contributed by atoms with Crippen LogP contribution >= 0.6 is 0 Å². The highest BCUT2D eigenvalue weighted by molar-refractivity contribution is 7.39. The molecule has 0 nitrogen and oxygen atoms in total. The van der Waals surface area contributed by atoms with Crippen LogP contribution in [0.4, 0.5) is 0 Å². The molecular weight excluding hydrogens is 156 g/mol. The first-order chi connectivity index (χ1) is 4.12. The van der Waals surface area contributed by atoms with Crippen molar-refractivity contribution in [3.63, 3.8) is 0 Å². The van der Waals surface area contributed by atoms with Crippen LogP contribution < -0.4 is 0 Å². The van der Waals surface area contributed by atoms with Gasteiger partial charge in [0.2, 0.25) is 0 Å². The Morgan fingerprint density at radius 3 is 2.33 bits per heavy atom. The monoisotopic (exact) mass is 171 g/mol. The van der Waals surface area contributed by atoms with E-state index in [0.29, 0.717) is 0 Å². The third-order valence-corrected chi connectivity index (χ3v) is 12.6. The van der Waals surface area contributed by atoms with Gasteiger partial charge in [-0.05, 0) is 0 Å². The zero-order chi connectivity index (χ0) is 7.33. The largest absolute Gasteiger partial charge is 0.0719 e. The predicted molar refractivity (Wildman–Crippen MR) is 48.7 cm³/mol. The fraction of sp³-hybridized carbons (Fsp3) is 1.00. The Bertz CT molecular complexity index is 70.7. The molecule has 0 fully saturated rings. The smallest absolute Gasteiger partial charge is 0.0320 e. The Hall–Kier alpha value is 0.651. The summed E-state index contributed by atoms with van der Waals surface area (Å²) in [6, 6.07) is 1.49. The predicted octanol–water partition coefficient (Wildman–Crippen LogP) is 1.78. The SMILES string of the molecule is CCCC[Si](C)(C)[Si][Si]. The molecule has 0 atom stereocenters. The molecule has 0 spiro atoms. The molecule has 3 heteroatoms. The average molecular weight is 171 g/mol. The van der Waals surface area contributed by atoms with Crippen molar-refractivity contribution in [2.45, 2.75) is 38.9 Å². The minimum atomic E-state index is -0.757. The van der Waals surface area contributed by atoms with Crippen LogP contribution in [-0.4, -0.2) is 25.9 Å². The molecule has 0 aliphatic heterocycles. The minimum Gasteiger partial charge on any atom is -0.0719 e. The van der Waals surface area contributed by atoms with Crippen LogP contribution in [0, 0.1) is 0 Å². The van der Waals surface area contributed by atoms with Crippen molar-refractivity contribution in [1.82, 2.24) is 0 Å². The standard InChI is InChI=1S/C6H15Si3/c1-4-5-6-9(2,3)8-7/h4-6H2,1-3H3. The van der Waals surface area contributed by atoms with Crippen molar-refractivity contribution >= 4 is 25.9 Å². The van der Waals surface area contributed by atoms with E-state index in [9.17, 15) is 0 Å².